The van der Waals surface area contributed by atoms with E-state index in [1.165, 1.54) is 11.0 Å². The molecule has 1 atom stereocenters. The number of hydrogen-bond donors (Lipinski definition) is 1. The van der Waals surface area contributed by atoms with Gasteiger partial charge in [0.05, 0.1) is 11.6 Å². The topological polar surface area (TPSA) is 57.6 Å². The van der Waals surface area contributed by atoms with Crippen molar-refractivity contribution in [2.45, 2.75) is 6.04 Å². The van der Waals surface area contributed by atoms with Gasteiger partial charge >= 0.3 is 0 Å². The molecule has 0 radical (unpaired) electrons. The van der Waals surface area contributed by atoms with E-state index < -0.39 is 17.7 Å². The summed E-state index contributed by atoms with van der Waals surface area (Å²) in [5.41, 5.74) is 1.04. The number of nitrogens with zero attached hydrogens (tertiary/aromatic N) is 1. The molecule has 2 aromatic carbocycles. The lowest BCUT2D eigenvalue weighted by molar-refractivity contribution is -0.139. The summed E-state index contributed by atoms with van der Waals surface area (Å²) >= 11 is 9.65. The standard InChI is InChI=1S/C20H15BrClNO3/c1-2-11-23-17(14-5-3-4-6-15(14)22)16(19(25)20(23)26)18(24)12-7-9-13(21)10-8-12/h2-10,17,24H,1,11H2/t17-/m1/s1. The monoisotopic (exact) mass is 431 g/mol. The number of amides is 1. The molecule has 4 nitrogen and oxygen atoms in total. The van der Waals surface area contributed by atoms with Gasteiger partial charge in [-0.2, -0.15) is 0 Å². The Labute approximate surface area is 164 Å². The molecule has 0 bridgehead atoms. The van der Waals surface area contributed by atoms with Crippen molar-refractivity contribution in [1.29, 1.82) is 0 Å². The van der Waals surface area contributed by atoms with Crippen molar-refractivity contribution in [2.75, 3.05) is 6.54 Å². The van der Waals surface area contributed by atoms with Crippen LogP contribution in [0.4, 0.5) is 0 Å². The number of rotatable bonds is 4. The zero-order valence-electron chi connectivity index (χ0n) is 13.7. The fourth-order valence-electron chi connectivity index (χ4n) is 2.99. The summed E-state index contributed by atoms with van der Waals surface area (Å²) in [6.45, 7) is 3.81. The van der Waals surface area contributed by atoms with Gasteiger partial charge in [-0.25, -0.2) is 0 Å². The molecule has 1 aliphatic heterocycles. The smallest absolute Gasteiger partial charge is 0.295 e. The Hall–Kier alpha value is -2.37. The van der Waals surface area contributed by atoms with Crippen molar-refractivity contribution >= 4 is 45.0 Å². The van der Waals surface area contributed by atoms with Crippen LogP contribution >= 0.6 is 27.5 Å². The largest absolute Gasteiger partial charge is 0.507 e. The third-order valence-electron chi connectivity index (χ3n) is 4.18. The number of benzene rings is 2. The highest BCUT2D eigenvalue weighted by atomic mass is 79.9. The number of ketones is 1. The lowest BCUT2D eigenvalue weighted by Gasteiger charge is -2.24. The first-order valence-corrected chi connectivity index (χ1v) is 9.02. The van der Waals surface area contributed by atoms with E-state index in [0.717, 1.165) is 4.47 Å². The minimum atomic E-state index is -0.773. The molecular weight excluding hydrogens is 418 g/mol. The van der Waals surface area contributed by atoms with Crippen LogP contribution in [-0.2, 0) is 9.59 Å². The quantitative estimate of drug-likeness (QED) is 0.329. The Bertz CT molecular complexity index is 921. The van der Waals surface area contributed by atoms with E-state index >= 15 is 0 Å². The molecule has 0 aliphatic carbocycles. The summed E-state index contributed by atoms with van der Waals surface area (Å²) in [5, 5.41) is 11.2. The average molecular weight is 433 g/mol. The molecule has 26 heavy (non-hydrogen) atoms. The fourth-order valence-corrected chi connectivity index (χ4v) is 3.49. The summed E-state index contributed by atoms with van der Waals surface area (Å²) in [6, 6.07) is 13.0. The molecular formula is C20H15BrClNO3. The average Bonchev–Trinajstić information content (AvgIpc) is 2.87. The van der Waals surface area contributed by atoms with Gasteiger partial charge in [0.25, 0.3) is 11.7 Å². The first kappa shape index (κ1) is 18.4. The van der Waals surface area contributed by atoms with Crippen molar-refractivity contribution in [3.63, 3.8) is 0 Å². The van der Waals surface area contributed by atoms with Crippen LogP contribution in [0.25, 0.3) is 5.76 Å². The van der Waals surface area contributed by atoms with E-state index in [1.54, 1.807) is 48.5 Å². The van der Waals surface area contributed by atoms with Gasteiger partial charge in [-0.1, -0.05) is 63.9 Å². The number of halogens is 2. The number of likely N-dealkylation sites (tertiary alicyclic amines) is 1. The highest BCUT2D eigenvalue weighted by Crippen LogP contribution is 2.41. The van der Waals surface area contributed by atoms with E-state index in [1.807, 2.05) is 0 Å². The molecule has 1 N–H and O–H groups in total. The van der Waals surface area contributed by atoms with Crippen LogP contribution in [0.15, 0.2) is 71.2 Å². The van der Waals surface area contributed by atoms with E-state index in [4.69, 9.17) is 11.6 Å². The Balaban J connectivity index is 2.23. The maximum atomic E-state index is 12.7. The predicted octanol–water partition coefficient (Wildman–Crippen LogP) is 4.71. The highest BCUT2D eigenvalue weighted by Gasteiger charge is 2.46. The van der Waals surface area contributed by atoms with Crippen LogP contribution in [0.2, 0.25) is 5.02 Å². The number of carbonyl (C=O) groups is 2. The Kier molecular flexibility index (Phi) is 5.30. The number of Topliss-reactive ketones (excluding diaryl/α,β-unsaturated/α-hetero) is 1. The van der Waals surface area contributed by atoms with Gasteiger partial charge in [-0.3, -0.25) is 9.59 Å². The second-order valence-corrected chi connectivity index (χ2v) is 7.09. The minimum absolute atomic E-state index is 0.0206. The van der Waals surface area contributed by atoms with Crippen LogP contribution < -0.4 is 0 Å². The van der Waals surface area contributed by atoms with Crippen LogP contribution in [-0.4, -0.2) is 28.2 Å². The van der Waals surface area contributed by atoms with E-state index in [2.05, 4.69) is 22.5 Å². The first-order chi connectivity index (χ1) is 12.5. The van der Waals surface area contributed by atoms with Gasteiger partial charge in [0, 0.05) is 21.6 Å². The normalized spacial score (nSPS) is 19.0. The SMILES string of the molecule is C=CCN1C(=O)C(=O)C(=C(O)c2ccc(Br)cc2)[C@H]1c1ccccc1Cl. The van der Waals surface area contributed by atoms with Crippen molar-refractivity contribution in [3.05, 3.63) is 87.4 Å². The third kappa shape index (κ3) is 3.20. The van der Waals surface area contributed by atoms with Crippen LogP contribution in [0.1, 0.15) is 17.2 Å². The zero-order valence-corrected chi connectivity index (χ0v) is 16.0. The molecule has 2 aromatic rings. The third-order valence-corrected chi connectivity index (χ3v) is 5.06. The predicted molar refractivity (Wildman–Crippen MR) is 105 cm³/mol. The molecule has 3 rings (SSSR count). The van der Waals surface area contributed by atoms with Gasteiger partial charge in [-0.15, -0.1) is 6.58 Å². The maximum absolute atomic E-state index is 12.7. The molecule has 1 saturated heterocycles. The molecule has 1 aliphatic rings. The second-order valence-electron chi connectivity index (χ2n) is 5.77. The molecule has 0 aromatic heterocycles. The van der Waals surface area contributed by atoms with Gasteiger partial charge in [0.1, 0.15) is 5.76 Å². The summed E-state index contributed by atoms with van der Waals surface area (Å²) in [7, 11) is 0. The number of hydrogen-bond acceptors (Lipinski definition) is 3. The van der Waals surface area contributed by atoms with Crippen molar-refractivity contribution in [1.82, 2.24) is 4.90 Å². The molecule has 0 unspecified atom stereocenters. The summed E-state index contributed by atoms with van der Waals surface area (Å²) in [6.07, 6.45) is 1.54. The molecule has 1 fully saturated rings. The lowest BCUT2D eigenvalue weighted by atomic mass is 9.95. The van der Waals surface area contributed by atoms with E-state index in [-0.39, 0.29) is 17.9 Å². The Morgan fingerprint density at radius 3 is 2.46 bits per heavy atom. The molecule has 132 valence electrons. The number of aliphatic hydroxyl groups is 1. The lowest BCUT2D eigenvalue weighted by Crippen LogP contribution is -2.29. The maximum Gasteiger partial charge on any atom is 0.295 e. The Morgan fingerprint density at radius 2 is 1.85 bits per heavy atom. The van der Waals surface area contributed by atoms with Gasteiger partial charge in [0.2, 0.25) is 0 Å². The van der Waals surface area contributed by atoms with Gasteiger partial charge in [-0.05, 0) is 23.8 Å². The minimum Gasteiger partial charge on any atom is -0.507 e. The van der Waals surface area contributed by atoms with Crippen molar-refractivity contribution < 1.29 is 14.7 Å². The molecule has 1 amide bonds. The summed E-state index contributed by atoms with van der Waals surface area (Å²) < 4.78 is 0.837. The zero-order chi connectivity index (χ0) is 18.8. The van der Waals surface area contributed by atoms with Gasteiger partial charge < -0.3 is 10.0 Å². The van der Waals surface area contributed by atoms with Crippen molar-refractivity contribution in [3.8, 4) is 0 Å². The molecule has 0 saturated carbocycles. The van der Waals surface area contributed by atoms with Crippen molar-refractivity contribution in [2.24, 2.45) is 0 Å². The first-order valence-electron chi connectivity index (χ1n) is 7.85. The molecule has 0 spiro atoms. The van der Waals surface area contributed by atoms with Crippen LogP contribution in [0, 0.1) is 0 Å². The van der Waals surface area contributed by atoms with Crippen LogP contribution in [0.5, 0.6) is 0 Å². The summed E-state index contributed by atoms with van der Waals surface area (Å²) in [5.74, 6) is -1.65. The molecule has 6 heteroatoms. The summed E-state index contributed by atoms with van der Waals surface area (Å²) in [4.78, 5) is 26.6. The van der Waals surface area contributed by atoms with Gasteiger partial charge in [0.15, 0.2) is 0 Å². The van der Waals surface area contributed by atoms with E-state index in [0.29, 0.717) is 16.1 Å². The molecule has 1 heterocycles. The Morgan fingerprint density at radius 1 is 1.19 bits per heavy atom. The number of carbonyl (C=O) groups excluding carboxylic acids is 2. The number of aliphatic hydroxyl groups excluding tert-OH is 1. The van der Waals surface area contributed by atoms with E-state index in [9.17, 15) is 14.7 Å². The van der Waals surface area contributed by atoms with Crippen LogP contribution in [0.3, 0.4) is 0 Å². The fraction of sp³-hybridized carbons (Fsp3) is 0.100. The highest BCUT2D eigenvalue weighted by molar-refractivity contribution is 9.10. The second kappa shape index (κ2) is 7.48.